The Morgan fingerprint density at radius 2 is 1.51 bits per heavy atom. The molecule has 0 unspecified atom stereocenters. The van der Waals surface area contributed by atoms with Gasteiger partial charge in [0.05, 0.1) is 6.54 Å². The van der Waals surface area contributed by atoms with Gasteiger partial charge in [-0.25, -0.2) is 0 Å². The molecule has 6 nitrogen and oxygen atoms in total. The topological polar surface area (TPSA) is 65.6 Å². The van der Waals surface area contributed by atoms with Gasteiger partial charge in [-0.05, 0) is 36.5 Å². The van der Waals surface area contributed by atoms with Crippen molar-refractivity contribution in [2.75, 3.05) is 33.4 Å². The molecule has 0 atom stereocenters. The second-order valence-corrected chi connectivity index (χ2v) is 10.4. The van der Waals surface area contributed by atoms with Crippen LogP contribution >= 0.6 is 0 Å². The SMILES string of the molecule is CCCCCCCCCC(=O)N(CCCOC)CC(=O)N(CCc1c[nH]c2ccccc12)Cc1ccccc1. The highest BCUT2D eigenvalue weighted by molar-refractivity contribution is 5.85. The summed E-state index contributed by atoms with van der Waals surface area (Å²) in [5, 5.41) is 1.19. The van der Waals surface area contributed by atoms with Crippen LogP contribution in [-0.2, 0) is 27.3 Å². The lowest BCUT2D eigenvalue weighted by Crippen LogP contribution is -2.44. The second kappa shape index (κ2) is 17.5. The number of aromatic nitrogens is 1. The zero-order valence-corrected chi connectivity index (χ0v) is 24.0. The van der Waals surface area contributed by atoms with Gasteiger partial charge >= 0.3 is 0 Å². The molecule has 6 heteroatoms. The van der Waals surface area contributed by atoms with Gasteiger partial charge in [-0.1, -0.05) is 94.0 Å². The number of methoxy groups -OCH3 is 1. The van der Waals surface area contributed by atoms with Crippen LogP contribution in [0.5, 0.6) is 0 Å². The summed E-state index contributed by atoms with van der Waals surface area (Å²) in [7, 11) is 1.67. The van der Waals surface area contributed by atoms with Crippen LogP contribution in [0.2, 0.25) is 0 Å². The lowest BCUT2D eigenvalue weighted by molar-refractivity contribution is -0.141. The number of amides is 2. The molecule has 2 aromatic carbocycles. The molecule has 212 valence electrons. The third-order valence-corrected chi connectivity index (χ3v) is 7.34. The molecule has 39 heavy (non-hydrogen) atoms. The van der Waals surface area contributed by atoms with Crippen LogP contribution in [0.4, 0.5) is 0 Å². The minimum absolute atomic E-state index is 0.0102. The number of fused-ring (bicyclic) bond motifs is 1. The Balaban J connectivity index is 1.63. The average molecular weight is 534 g/mol. The molecule has 2 amide bonds. The van der Waals surface area contributed by atoms with Gasteiger partial charge in [0.1, 0.15) is 0 Å². The molecular weight excluding hydrogens is 486 g/mol. The summed E-state index contributed by atoms with van der Waals surface area (Å²) in [5.41, 5.74) is 3.39. The van der Waals surface area contributed by atoms with E-state index in [4.69, 9.17) is 4.74 Å². The van der Waals surface area contributed by atoms with Crippen LogP contribution in [0.15, 0.2) is 60.8 Å². The largest absolute Gasteiger partial charge is 0.385 e. The number of carbonyl (C=O) groups excluding carboxylic acids is 2. The number of ether oxygens (including phenoxy) is 1. The maximum Gasteiger partial charge on any atom is 0.242 e. The van der Waals surface area contributed by atoms with Gasteiger partial charge in [-0.15, -0.1) is 0 Å². The van der Waals surface area contributed by atoms with Gasteiger partial charge in [-0.2, -0.15) is 0 Å². The van der Waals surface area contributed by atoms with Gasteiger partial charge in [0.25, 0.3) is 0 Å². The maximum absolute atomic E-state index is 13.7. The van der Waals surface area contributed by atoms with Gasteiger partial charge < -0.3 is 19.5 Å². The van der Waals surface area contributed by atoms with Crippen LogP contribution < -0.4 is 0 Å². The van der Waals surface area contributed by atoms with Crippen molar-refractivity contribution in [1.29, 1.82) is 0 Å². The van der Waals surface area contributed by atoms with E-state index in [1.54, 1.807) is 12.0 Å². The van der Waals surface area contributed by atoms with Gasteiger partial charge in [0.15, 0.2) is 0 Å². The van der Waals surface area contributed by atoms with Crippen molar-refractivity contribution in [3.63, 3.8) is 0 Å². The summed E-state index contributed by atoms with van der Waals surface area (Å²) < 4.78 is 5.23. The lowest BCUT2D eigenvalue weighted by atomic mass is 10.1. The number of unbranched alkanes of at least 4 members (excludes halogenated alkanes) is 6. The molecule has 0 aliphatic rings. The van der Waals surface area contributed by atoms with E-state index in [0.717, 1.165) is 36.8 Å². The number of hydrogen-bond acceptors (Lipinski definition) is 3. The molecule has 0 fully saturated rings. The Bertz CT molecular complexity index is 1110. The summed E-state index contributed by atoms with van der Waals surface area (Å²) in [6.45, 7) is 4.56. The van der Waals surface area contributed by atoms with Crippen LogP contribution in [-0.4, -0.2) is 59.9 Å². The van der Waals surface area contributed by atoms with E-state index in [2.05, 4.69) is 24.0 Å². The number of nitrogens with zero attached hydrogens (tertiary/aromatic N) is 2. The predicted molar refractivity (Wildman–Crippen MR) is 160 cm³/mol. The minimum atomic E-state index is -0.0102. The molecule has 0 spiro atoms. The molecule has 1 heterocycles. The molecule has 0 aliphatic carbocycles. The minimum Gasteiger partial charge on any atom is -0.385 e. The number of para-hydroxylation sites is 1. The Morgan fingerprint density at radius 1 is 0.795 bits per heavy atom. The molecule has 0 radical (unpaired) electrons. The first-order chi connectivity index (χ1) is 19.1. The second-order valence-electron chi connectivity index (χ2n) is 10.4. The fourth-order valence-electron chi connectivity index (χ4n) is 5.04. The quantitative estimate of drug-likeness (QED) is 0.173. The Kier molecular flexibility index (Phi) is 13.6. The Labute approximate surface area is 234 Å². The van der Waals surface area contributed by atoms with Gasteiger partial charge in [-0.3, -0.25) is 9.59 Å². The van der Waals surface area contributed by atoms with E-state index >= 15 is 0 Å². The van der Waals surface area contributed by atoms with Crippen LogP contribution in [0, 0.1) is 0 Å². The smallest absolute Gasteiger partial charge is 0.242 e. The van der Waals surface area contributed by atoms with Crippen molar-refractivity contribution in [3.8, 4) is 0 Å². The van der Waals surface area contributed by atoms with E-state index < -0.39 is 0 Å². The third-order valence-electron chi connectivity index (χ3n) is 7.34. The number of aromatic amines is 1. The highest BCUT2D eigenvalue weighted by atomic mass is 16.5. The first-order valence-corrected chi connectivity index (χ1v) is 14.8. The summed E-state index contributed by atoms with van der Waals surface area (Å²) in [5.74, 6) is 0.0633. The molecule has 3 rings (SSSR count). The summed E-state index contributed by atoms with van der Waals surface area (Å²) in [4.78, 5) is 33.9. The molecule has 0 saturated carbocycles. The molecule has 0 saturated heterocycles. The standard InChI is InChI=1S/C33H47N3O3/c1-3-4-5-6-7-8-12-20-32(37)35(22-15-24-39-2)27-33(38)36(26-28-16-10-9-11-17-28)23-21-29-25-34-31-19-14-13-18-30(29)31/h9-11,13-14,16-19,25,34H,3-8,12,15,20-24,26-27H2,1-2H3. The number of H-pyrrole nitrogens is 1. The van der Waals surface area contributed by atoms with E-state index in [-0.39, 0.29) is 18.4 Å². The summed E-state index contributed by atoms with van der Waals surface area (Å²) >= 11 is 0. The zero-order valence-electron chi connectivity index (χ0n) is 24.0. The highest BCUT2D eigenvalue weighted by Crippen LogP contribution is 2.19. The van der Waals surface area contributed by atoms with E-state index in [1.807, 2.05) is 53.6 Å². The molecule has 3 aromatic rings. The Morgan fingerprint density at radius 3 is 2.28 bits per heavy atom. The van der Waals surface area contributed by atoms with Gasteiger partial charge in [0, 0.05) is 56.9 Å². The number of hydrogen-bond donors (Lipinski definition) is 1. The summed E-state index contributed by atoms with van der Waals surface area (Å²) in [6, 6.07) is 18.3. The monoisotopic (exact) mass is 533 g/mol. The van der Waals surface area contributed by atoms with Crippen molar-refractivity contribution in [2.24, 2.45) is 0 Å². The lowest BCUT2D eigenvalue weighted by Gasteiger charge is -2.28. The zero-order chi connectivity index (χ0) is 27.7. The Hall–Kier alpha value is -3.12. The first kappa shape index (κ1) is 30.4. The van der Waals surface area contributed by atoms with Gasteiger partial charge in [0.2, 0.25) is 11.8 Å². The van der Waals surface area contributed by atoms with E-state index in [9.17, 15) is 9.59 Å². The highest BCUT2D eigenvalue weighted by Gasteiger charge is 2.21. The number of carbonyl (C=O) groups is 2. The van der Waals surface area contributed by atoms with Crippen molar-refractivity contribution in [3.05, 3.63) is 71.9 Å². The third kappa shape index (κ3) is 10.5. The fraction of sp³-hybridized carbons (Fsp3) is 0.515. The average Bonchev–Trinajstić information content (AvgIpc) is 3.37. The molecular formula is C33H47N3O3. The molecule has 1 N–H and O–H groups in total. The number of rotatable bonds is 19. The first-order valence-electron chi connectivity index (χ1n) is 14.8. The molecule has 0 aliphatic heterocycles. The van der Waals surface area contributed by atoms with Crippen LogP contribution in [0.1, 0.15) is 75.8 Å². The fourth-order valence-corrected chi connectivity index (χ4v) is 5.04. The van der Waals surface area contributed by atoms with Crippen LogP contribution in [0.25, 0.3) is 10.9 Å². The van der Waals surface area contributed by atoms with Crippen molar-refractivity contribution in [1.82, 2.24) is 14.8 Å². The van der Waals surface area contributed by atoms with E-state index in [0.29, 0.717) is 32.7 Å². The number of benzene rings is 2. The normalized spacial score (nSPS) is 11.1. The molecule has 0 bridgehead atoms. The molecule has 1 aromatic heterocycles. The maximum atomic E-state index is 13.7. The summed E-state index contributed by atoms with van der Waals surface area (Å²) in [6.07, 6.45) is 12.2. The van der Waals surface area contributed by atoms with E-state index in [1.165, 1.54) is 43.1 Å². The number of nitrogens with one attached hydrogen (secondary N) is 1. The van der Waals surface area contributed by atoms with Crippen molar-refractivity contribution < 1.29 is 14.3 Å². The van der Waals surface area contributed by atoms with Crippen molar-refractivity contribution >= 4 is 22.7 Å². The predicted octanol–water partition coefficient (Wildman–Crippen LogP) is 6.75. The van der Waals surface area contributed by atoms with Crippen molar-refractivity contribution in [2.45, 2.75) is 77.7 Å². The van der Waals surface area contributed by atoms with Crippen LogP contribution in [0.3, 0.4) is 0 Å².